The number of hydrogen-bond acceptors (Lipinski definition) is 4. The van der Waals surface area contributed by atoms with E-state index in [4.69, 9.17) is 10.5 Å². The van der Waals surface area contributed by atoms with Crippen LogP contribution >= 0.6 is 0 Å². The number of benzene rings is 2. The van der Waals surface area contributed by atoms with Crippen LogP contribution in [-0.4, -0.2) is 19.6 Å². The molecule has 0 fully saturated rings. The number of nitrogens with two attached hydrogens (primary N) is 1. The Hall–Kier alpha value is -2.67. The van der Waals surface area contributed by atoms with Crippen LogP contribution in [0.4, 0.5) is 8.78 Å². The number of rotatable bonds is 8. The average molecular weight is 364 g/mol. The first-order valence-corrected chi connectivity index (χ1v) is 8.12. The minimum atomic E-state index is -2.96. The predicted molar refractivity (Wildman–Crippen MR) is 94.0 cm³/mol. The standard InChI is InChI=1S/C19H22F2N2O3/c1-12(17(22)13-6-4-3-5-7-13)18(24)23-11-14-10-15(25-2)8-9-16(14)26-19(20)21/h3-10,12,17,19H,11,22H2,1-2H3,(H,23,24). The van der Waals surface area contributed by atoms with Gasteiger partial charge >= 0.3 is 6.61 Å². The maximum absolute atomic E-state index is 12.5. The zero-order valence-corrected chi connectivity index (χ0v) is 14.6. The van der Waals surface area contributed by atoms with Gasteiger partial charge in [-0.1, -0.05) is 37.3 Å². The van der Waals surface area contributed by atoms with Crippen molar-refractivity contribution in [1.29, 1.82) is 0 Å². The molecule has 0 saturated carbocycles. The second-order valence-electron chi connectivity index (χ2n) is 5.80. The van der Waals surface area contributed by atoms with Crippen LogP contribution in [0.5, 0.6) is 11.5 Å². The Balaban J connectivity index is 2.06. The molecule has 2 rings (SSSR count). The van der Waals surface area contributed by atoms with Crippen LogP contribution in [-0.2, 0) is 11.3 Å². The van der Waals surface area contributed by atoms with Gasteiger partial charge in [0, 0.05) is 18.2 Å². The largest absolute Gasteiger partial charge is 0.497 e. The summed E-state index contributed by atoms with van der Waals surface area (Å²) >= 11 is 0. The van der Waals surface area contributed by atoms with Crippen LogP contribution < -0.4 is 20.5 Å². The number of ether oxygens (including phenoxy) is 2. The lowest BCUT2D eigenvalue weighted by molar-refractivity contribution is -0.125. The molecule has 26 heavy (non-hydrogen) atoms. The summed E-state index contributed by atoms with van der Waals surface area (Å²) in [6.07, 6.45) is 0. The first-order valence-electron chi connectivity index (χ1n) is 8.12. The zero-order chi connectivity index (χ0) is 19.1. The molecule has 2 aromatic rings. The molecule has 2 aromatic carbocycles. The zero-order valence-electron chi connectivity index (χ0n) is 14.6. The van der Waals surface area contributed by atoms with Crippen molar-refractivity contribution in [3.8, 4) is 11.5 Å². The van der Waals surface area contributed by atoms with Gasteiger partial charge in [0.1, 0.15) is 11.5 Å². The van der Waals surface area contributed by atoms with Crippen molar-refractivity contribution in [3.05, 3.63) is 59.7 Å². The molecule has 5 nitrogen and oxygen atoms in total. The molecule has 0 aromatic heterocycles. The van der Waals surface area contributed by atoms with Crippen LogP contribution in [0.2, 0.25) is 0 Å². The number of carbonyl (C=O) groups excluding carboxylic acids is 1. The van der Waals surface area contributed by atoms with Crippen LogP contribution in [0.1, 0.15) is 24.1 Å². The van der Waals surface area contributed by atoms with Crippen LogP contribution in [0.3, 0.4) is 0 Å². The summed E-state index contributed by atoms with van der Waals surface area (Å²) in [5.74, 6) is -0.319. The number of amides is 1. The third-order valence-electron chi connectivity index (χ3n) is 4.07. The highest BCUT2D eigenvalue weighted by Crippen LogP contribution is 2.26. The summed E-state index contributed by atoms with van der Waals surface area (Å²) < 4.78 is 34.7. The monoisotopic (exact) mass is 364 g/mol. The van der Waals surface area contributed by atoms with Gasteiger partial charge in [0.15, 0.2) is 0 Å². The molecule has 2 unspecified atom stereocenters. The Bertz CT molecular complexity index is 726. The molecule has 1 amide bonds. The molecule has 0 aliphatic rings. The van der Waals surface area contributed by atoms with Crippen LogP contribution in [0.15, 0.2) is 48.5 Å². The summed E-state index contributed by atoms with van der Waals surface area (Å²) in [5, 5.41) is 2.71. The van der Waals surface area contributed by atoms with E-state index in [1.54, 1.807) is 13.0 Å². The fourth-order valence-electron chi connectivity index (χ4n) is 2.50. The molecule has 2 atom stereocenters. The van der Waals surface area contributed by atoms with E-state index in [2.05, 4.69) is 10.1 Å². The van der Waals surface area contributed by atoms with Crippen molar-refractivity contribution in [1.82, 2.24) is 5.32 Å². The van der Waals surface area contributed by atoms with Gasteiger partial charge in [-0.25, -0.2) is 0 Å². The molecule has 0 radical (unpaired) electrons. The molecule has 3 N–H and O–H groups in total. The topological polar surface area (TPSA) is 73.6 Å². The van der Waals surface area contributed by atoms with Crippen molar-refractivity contribution in [3.63, 3.8) is 0 Å². The van der Waals surface area contributed by atoms with E-state index in [0.717, 1.165) is 5.56 Å². The third kappa shape index (κ3) is 5.16. The molecule has 0 saturated heterocycles. The lowest BCUT2D eigenvalue weighted by Gasteiger charge is -2.20. The maximum Gasteiger partial charge on any atom is 0.387 e. The van der Waals surface area contributed by atoms with Gasteiger partial charge in [-0.3, -0.25) is 4.79 Å². The van der Waals surface area contributed by atoms with E-state index >= 15 is 0 Å². The highest BCUT2D eigenvalue weighted by Gasteiger charge is 2.22. The molecule has 0 heterocycles. The Kier molecular flexibility index (Phi) is 6.91. The molecule has 0 bridgehead atoms. The van der Waals surface area contributed by atoms with E-state index < -0.39 is 18.6 Å². The van der Waals surface area contributed by atoms with E-state index in [1.165, 1.54) is 19.2 Å². The Morgan fingerprint density at radius 1 is 1.19 bits per heavy atom. The van der Waals surface area contributed by atoms with Gasteiger partial charge in [-0.2, -0.15) is 8.78 Å². The average Bonchev–Trinajstić information content (AvgIpc) is 2.66. The van der Waals surface area contributed by atoms with Crippen molar-refractivity contribution >= 4 is 5.91 Å². The fraction of sp³-hybridized carbons (Fsp3) is 0.316. The number of alkyl halides is 2. The quantitative estimate of drug-likeness (QED) is 0.754. The first kappa shape index (κ1) is 19.7. The summed E-state index contributed by atoms with van der Waals surface area (Å²) in [5.41, 5.74) is 7.38. The van der Waals surface area contributed by atoms with Crippen molar-refractivity contribution in [2.24, 2.45) is 11.7 Å². The Morgan fingerprint density at radius 3 is 2.50 bits per heavy atom. The molecular weight excluding hydrogens is 342 g/mol. The number of halogens is 2. The number of nitrogens with one attached hydrogen (secondary N) is 1. The predicted octanol–water partition coefficient (Wildman–Crippen LogP) is 3.25. The first-order chi connectivity index (χ1) is 12.4. The number of carbonyl (C=O) groups is 1. The summed E-state index contributed by atoms with van der Waals surface area (Å²) in [6, 6.07) is 13.2. The van der Waals surface area contributed by atoms with Gasteiger partial charge in [-0.05, 0) is 23.8 Å². The highest BCUT2D eigenvalue weighted by molar-refractivity contribution is 5.79. The van der Waals surface area contributed by atoms with Crippen molar-refractivity contribution in [2.75, 3.05) is 7.11 Å². The van der Waals surface area contributed by atoms with E-state index in [1.807, 2.05) is 30.3 Å². The van der Waals surface area contributed by atoms with E-state index in [9.17, 15) is 13.6 Å². The molecule has 0 spiro atoms. The molecule has 0 aliphatic heterocycles. The van der Waals surface area contributed by atoms with E-state index in [-0.39, 0.29) is 18.2 Å². The second-order valence-corrected chi connectivity index (χ2v) is 5.80. The minimum absolute atomic E-state index is 0.0129. The van der Waals surface area contributed by atoms with Gasteiger partial charge in [-0.15, -0.1) is 0 Å². The SMILES string of the molecule is COc1ccc(OC(F)F)c(CNC(=O)C(C)C(N)c2ccccc2)c1. The third-order valence-corrected chi connectivity index (χ3v) is 4.07. The summed E-state index contributed by atoms with van der Waals surface area (Å²) in [4.78, 5) is 12.4. The lowest BCUT2D eigenvalue weighted by atomic mass is 9.94. The molecule has 0 aliphatic carbocycles. The molecule has 7 heteroatoms. The van der Waals surface area contributed by atoms with Crippen LogP contribution in [0.25, 0.3) is 0 Å². The van der Waals surface area contributed by atoms with Gasteiger partial charge < -0.3 is 20.5 Å². The Morgan fingerprint density at radius 2 is 1.88 bits per heavy atom. The lowest BCUT2D eigenvalue weighted by Crippen LogP contribution is -2.35. The van der Waals surface area contributed by atoms with Gasteiger partial charge in [0.05, 0.1) is 13.0 Å². The van der Waals surface area contributed by atoms with Gasteiger partial charge in [0.25, 0.3) is 0 Å². The van der Waals surface area contributed by atoms with Gasteiger partial charge in [0.2, 0.25) is 5.91 Å². The Labute approximate surface area is 151 Å². The molecule has 140 valence electrons. The van der Waals surface area contributed by atoms with Crippen LogP contribution in [0, 0.1) is 5.92 Å². The highest BCUT2D eigenvalue weighted by atomic mass is 19.3. The van der Waals surface area contributed by atoms with E-state index in [0.29, 0.717) is 11.3 Å². The van der Waals surface area contributed by atoms with Crippen molar-refractivity contribution in [2.45, 2.75) is 26.1 Å². The smallest absolute Gasteiger partial charge is 0.387 e. The normalized spacial score (nSPS) is 13.2. The van der Waals surface area contributed by atoms with Crippen molar-refractivity contribution < 1.29 is 23.0 Å². The number of methoxy groups -OCH3 is 1. The molecular formula is C19H22F2N2O3. The summed E-state index contributed by atoms with van der Waals surface area (Å²) in [7, 11) is 1.46. The second kappa shape index (κ2) is 9.15. The fourth-order valence-corrected chi connectivity index (χ4v) is 2.50. The summed E-state index contributed by atoms with van der Waals surface area (Å²) in [6.45, 7) is -1.22. The minimum Gasteiger partial charge on any atom is -0.497 e. The maximum atomic E-state index is 12.5. The number of hydrogen-bond donors (Lipinski definition) is 2.